The number of aliphatic hydroxyl groups is 3. The second-order valence-corrected chi connectivity index (χ2v) is 15.3. The van der Waals surface area contributed by atoms with Crippen LogP contribution in [-0.2, 0) is 35.0 Å². The Morgan fingerprint density at radius 3 is 2.45 bits per heavy atom. The minimum atomic E-state index is -2.38. The third-order valence-electron chi connectivity index (χ3n) is 11.5. The Bertz CT molecular complexity index is 2070. The van der Waals surface area contributed by atoms with Crippen LogP contribution in [0.4, 0.5) is 4.79 Å². The van der Waals surface area contributed by atoms with Crippen molar-refractivity contribution in [1.29, 1.82) is 0 Å². The molecular formula is C40H46N2O16. The molecule has 58 heavy (non-hydrogen) atoms. The number of aromatic hydroxyl groups is 2. The summed E-state index contributed by atoms with van der Waals surface area (Å²) in [6.45, 7) is 1.55. The summed E-state index contributed by atoms with van der Waals surface area (Å²) in [5, 5.41) is 69.7. The fourth-order valence-corrected chi connectivity index (χ4v) is 8.21. The zero-order valence-electron chi connectivity index (χ0n) is 32.0. The topological polar surface area (TPSA) is 285 Å². The Hall–Kier alpha value is -5.40. The van der Waals surface area contributed by atoms with Gasteiger partial charge in [0.05, 0.1) is 42.0 Å². The lowest BCUT2D eigenvalue weighted by Gasteiger charge is -2.42. The zero-order chi connectivity index (χ0) is 42.3. The fraction of sp³-hybridized carbons (Fsp3) is 0.500. The highest BCUT2D eigenvalue weighted by atomic mass is 16.7. The Morgan fingerprint density at radius 1 is 1.03 bits per heavy atom. The normalized spacial score (nSPS) is 29.7. The molecule has 6 rings (SSSR count). The van der Waals surface area contributed by atoms with Gasteiger partial charge in [-0.1, -0.05) is 25.1 Å². The van der Waals surface area contributed by atoms with Gasteiger partial charge in [0.25, 0.3) is 0 Å². The lowest BCUT2D eigenvalue weighted by molar-refractivity contribution is -0.249. The molecule has 0 radical (unpaired) electrons. The molecular weight excluding hydrogens is 764 g/mol. The van der Waals surface area contributed by atoms with Crippen molar-refractivity contribution in [3.63, 3.8) is 0 Å². The number of ketones is 3. The van der Waals surface area contributed by atoms with E-state index in [4.69, 9.17) is 24.1 Å². The molecule has 1 heterocycles. The van der Waals surface area contributed by atoms with Crippen molar-refractivity contribution in [3.05, 3.63) is 63.7 Å². The van der Waals surface area contributed by atoms with E-state index in [9.17, 15) is 54.3 Å². The molecule has 2 amide bonds. The number of Topliss-reactive ketones (excluding diaryl/α,β-unsaturated/α-hetero) is 1. The molecule has 0 saturated carbocycles. The van der Waals surface area contributed by atoms with Crippen molar-refractivity contribution >= 4 is 35.3 Å². The monoisotopic (exact) mass is 810 g/mol. The van der Waals surface area contributed by atoms with Gasteiger partial charge in [0.2, 0.25) is 11.7 Å². The van der Waals surface area contributed by atoms with Crippen LogP contribution in [0.2, 0.25) is 0 Å². The van der Waals surface area contributed by atoms with Gasteiger partial charge in [0.1, 0.15) is 48.2 Å². The molecule has 1 fully saturated rings. The van der Waals surface area contributed by atoms with Crippen molar-refractivity contribution in [1.82, 2.24) is 10.6 Å². The first kappa shape index (κ1) is 42.2. The highest BCUT2D eigenvalue weighted by Gasteiger charge is 2.50. The van der Waals surface area contributed by atoms with Crippen LogP contribution in [0.5, 0.6) is 17.2 Å². The van der Waals surface area contributed by atoms with E-state index >= 15 is 0 Å². The average molecular weight is 811 g/mol. The largest absolute Gasteiger partial charge is 0.507 e. The number of fused-ring (bicyclic) bond motifs is 3. The van der Waals surface area contributed by atoms with E-state index in [1.54, 1.807) is 19.1 Å². The Kier molecular flexibility index (Phi) is 12.0. The van der Waals surface area contributed by atoms with Gasteiger partial charge in [0.15, 0.2) is 17.9 Å². The van der Waals surface area contributed by atoms with Crippen molar-refractivity contribution in [2.75, 3.05) is 20.3 Å². The molecule has 2 aromatic rings. The third-order valence-corrected chi connectivity index (χ3v) is 11.5. The number of carbonyl (C=O) groups excluding carboxylic acids is 5. The summed E-state index contributed by atoms with van der Waals surface area (Å²) in [6.07, 6.45) is -3.55. The van der Waals surface area contributed by atoms with Crippen LogP contribution in [0.15, 0.2) is 30.4 Å². The number of allylic oxidation sites excluding steroid dienone is 1. The first-order chi connectivity index (χ1) is 27.4. The molecule has 2 unspecified atom stereocenters. The van der Waals surface area contributed by atoms with Crippen molar-refractivity contribution in [2.45, 2.75) is 101 Å². The summed E-state index contributed by atoms with van der Waals surface area (Å²) < 4.78 is 23.1. The second-order valence-electron chi connectivity index (χ2n) is 15.3. The smallest absolute Gasteiger partial charge is 0.408 e. The first-order valence-electron chi connectivity index (χ1n) is 18.8. The van der Waals surface area contributed by atoms with Gasteiger partial charge in [-0.15, -0.1) is 0 Å². The van der Waals surface area contributed by atoms with Crippen LogP contribution in [-0.4, -0.2) is 122 Å². The summed E-state index contributed by atoms with van der Waals surface area (Å²) in [7, 11) is 1.29. The molecule has 0 aromatic heterocycles. The molecule has 0 bridgehead atoms. The first-order valence-corrected chi connectivity index (χ1v) is 18.8. The van der Waals surface area contributed by atoms with Crippen LogP contribution in [0, 0.1) is 5.41 Å². The van der Waals surface area contributed by atoms with Crippen molar-refractivity contribution < 1.29 is 78.4 Å². The molecule has 2 aromatic carbocycles. The maximum Gasteiger partial charge on any atom is 0.408 e. The van der Waals surface area contributed by atoms with Gasteiger partial charge < -0.3 is 60.2 Å². The number of nitrogens with one attached hydrogen (secondary N) is 2. The SMILES string of the molecule is COc1cccc2c1C(=O)c1c(O)c3c(c(O)c1C2=O)C[C@@](O)(C(=O)CO)C[C@@H]3O[C@H]1C[C@@H](NC(=O)O[C@@H]2/C=C/CC[C@](C)(C(=O)NCC(=O)O)CC2)C(O)C(C)O1. The van der Waals surface area contributed by atoms with Gasteiger partial charge in [-0.25, -0.2) is 4.79 Å². The Balaban J connectivity index is 1.24. The van der Waals surface area contributed by atoms with Crippen LogP contribution in [0.25, 0.3) is 0 Å². The predicted octanol–water partition coefficient (Wildman–Crippen LogP) is 1.47. The maximum absolute atomic E-state index is 14.0. The number of aliphatic carboxylic acids is 1. The van der Waals surface area contributed by atoms with Crippen molar-refractivity contribution in [2.24, 2.45) is 5.41 Å². The highest BCUT2D eigenvalue weighted by molar-refractivity contribution is 6.31. The zero-order valence-corrected chi connectivity index (χ0v) is 32.0. The Morgan fingerprint density at radius 2 is 1.76 bits per heavy atom. The predicted molar refractivity (Wildman–Crippen MR) is 197 cm³/mol. The standard InChI is InChI=1S/C40H46N2O16/c1-18-32(47)22(42-38(53)57-19-7-4-5-11-39(2,12-10-19)37(52)41-16-26(45)46)13-27(56-18)58-24-15-40(54,25(44)17-43)14-21-29(24)36(51)31-30(34(21)49)33(48)20-8-6-9-23(55-3)28(20)35(31)50/h4,6-9,18-19,22,24,27,32,43,47,49,51,54H,5,10-17H2,1-3H3,(H,41,52)(H,42,53)(H,45,46)/b7-4+/t18?,19-,22-,24+,27+,32?,39+,40+/m1/s1. The van der Waals surface area contributed by atoms with E-state index < -0.39 is 132 Å². The Labute approximate surface area is 331 Å². The van der Waals surface area contributed by atoms with Crippen LogP contribution in [0.1, 0.15) is 101 Å². The van der Waals surface area contributed by atoms with Crippen LogP contribution < -0.4 is 15.4 Å². The number of carboxylic acid groups (broad SMARTS) is 1. The molecule has 0 spiro atoms. The highest BCUT2D eigenvalue weighted by Crippen LogP contribution is 2.52. The number of alkyl carbamates (subject to hydrolysis) is 1. The van der Waals surface area contributed by atoms with E-state index in [0.717, 1.165) is 0 Å². The number of hydrogen-bond acceptors (Lipinski definition) is 15. The van der Waals surface area contributed by atoms with Gasteiger partial charge in [-0.2, -0.15) is 0 Å². The number of carboxylic acids is 1. The van der Waals surface area contributed by atoms with Gasteiger partial charge in [-0.3, -0.25) is 24.0 Å². The molecule has 312 valence electrons. The molecule has 4 aliphatic rings. The van der Waals surface area contributed by atoms with E-state index in [2.05, 4.69) is 10.6 Å². The lowest BCUT2D eigenvalue weighted by atomic mass is 9.72. The van der Waals surface area contributed by atoms with Gasteiger partial charge >= 0.3 is 12.1 Å². The molecule has 1 saturated heterocycles. The van der Waals surface area contributed by atoms with Gasteiger partial charge in [-0.05, 0) is 44.7 Å². The molecule has 3 aliphatic carbocycles. The molecule has 18 nitrogen and oxygen atoms in total. The number of ether oxygens (including phenoxy) is 4. The molecule has 1 aliphatic heterocycles. The summed E-state index contributed by atoms with van der Waals surface area (Å²) in [4.78, 5) is 77.7. The van der Waals surface area contributed by atoms with E-state index in [1.165, 1.54) is 32.2 Å². The number of hydrogen-bond donors (Lipinski definition) is 8. The van der Waals surface area contributed by atoms with Crippen molar-refractivity contribution in [3.8, 4) is 17.2 Å². The summed E-state index contributed by atoms with van der Waals surface area (Å²) in [5.74, 6) is -5.85. The number of phenolic OH excluding ortho intramolecular Hbond substituents is 2. The third kappa shape index (κ3) is 7.89. The van der Waals surface area contributed by atoms with Crippen LogP contribution >= 0.6 is 0 Å². The second kappa shape index (κ2) is 16.5. The quantitative estimate of drug-likeness (QED) is 0.106. The number of aliphatic hydroxyl groups excluding tert-OH is 2. The van der Waals surface area contributed by atoms with E-state index in [1.807, 2.05) is 0 Å². The number of methoxy groups -OCH3 is 1. The summed E-state index contributed by atoms with van der Waals surface area (Å²) in [6, 6.07) is 3.20. The fourth-order valence-electron chi connectivity index (χ4n) is 8.21. The summed E-state index contributed by atoms with van der Waals surface area (Å²) >= 11 is 0. The number of rotatable bonds is 10. The average Bonchev–Trinajstić information content (AvgIpc) is 3.18. The number of benzene rings is 2. The van der Waals surface area contributed by atoms with E-state index in [0.29, 0.717) is 12.8 Å². The van der Waals surface area contributed by atoms with Crippen LogP contribution in [0.3, 0.4) is 0 Å². The van der Waals surface area contributed by atoms with E-state index in [-0.39, 0.29) is 47.3 Å². The maximum atomic E-state index is 14.0. The summed E-state index contributed by atoms with van der Waals surface area (Å²) in [5.41, 5.74) is -5.18. The van der Waals surface area contributed by atoms with Gasteiger partial charge in [0, 0.05) is 41.4 Å². The molecule has 18 heteroatoms. The molecule has 8 N–H and O–H groups in total. The number of amides is 2. The number of phenols is 2. The minimum absolute atomic E-state index is 0.0402. The minimum Gasteiger partial charge on any atom is -0.507 e. The number of carbonyl (C=O) groups is 6. The lowest BCUT2D eigenvalue weighted by Crippen LogP contribution is -2.56. The molecule has 8 atom stereocenters.